The third-order valence-corrected chi connectivity index (χ3v) is 3.57. The summed E-state index contributed by atoms with van der Waals surface area (Å²) in [4.78, 5) is 13.4. The molecule has 0 saturated carbocycles. The Morgan fingerprint density at radius 2 is 2.21 bits per heavy atom. The molecule has 1 aromatic carbocycles. The van der Waals surface area contributed by atoms with Gasteiger partial charge in [0.1, 0.15) is 0 Å². The minimum absolute atomic E-state index is 0.113. The molecule has 0 aromatic heterocycles. The molecule has 0 radical (unpaired) electrons. The zero-order valence-corrected chi connectivity index (χ0v) is 10.7. The van der Waals surface area contributed by atoms with Crippen molar-refractivity contribution in [3.8, 4) is 0 Å². The molecule has 0 spiro atoms. The normalized spacial score (nSPS) is 14.5. The van der Waals surface area contributed by atoms with Gasteiger partial charge < -0.3 is 5.11 Å². The molecule has 5 nitrogen and oxygen atoms in total. The first-order valence-corrected chi connectivity index (χ1v) is 6.58. The smallest absolute Gasteiger partial charge is 0.303 e. The predicted molar refractivity (Wildman–Crippen MR) is 71.8 cm³/mol. The Balaban J connectivity index is 2.10. The van der Waals surface area contributed by atoms with Gasteiger partial charge in [-0.25, -0.2) is 0 Å². The molecule has 100 valence electrons. The van der Waals surface area contributed by atoms with Crippen LogP contribution in [0.1, 0.15) is 48.4 Å². The minimum Gasteiger partial charge on any atom is -0.481 e. The summed E-state index contributed by atoms with van der Waals surface area (Å²) in [6, 6.07) is 5.97. The predicted octanol–water partition coefficient (Wildman–Crippen LogP) is 3.78. The van der Waals surface area contributed by atoms with Crippen molar-refractivity contribution in [2.24, 2.45) is 5.11 Å². The molecule has 1 atom stereocenters. The van der Waals surface area contributed by atoms with Crippen LogP contribution in [0.4, 0.5) is 0 Å². The Labute approximate surface area is 111 Å². The van der Waals surface area contributed by atoms with Crippen LogP contribution >= 0.6 is 0 Å². The van der Waals surface area contributed by atoms with Crippen LogP contribution in [0.2, 0.25) is 0 Å². The lowest BCUT2D eigenvalue weighted by Gasteiger charge is -2.12. The lowest BCUT2D eigenvalue weighted by Crippen LogP contribution is -2.00. The number of aliphatic carboxylic acids is 1. The molecule has 0 saturated heterocycles. The minimum atomic E-state index is -0.811. The molecule has 1 unspecified atom stereocenters. The highest BCUT2D eigenvalue weighted by atomic mass is 16.4. The van der Waals surface area contributed by atoms with E-state index in [-0.39, 0.29) is 12.5 Å². The van der Waals surface area contributed by atoms with Crippen LogP contribution in [0.5, 0.6) is 0 Å². The topological polar surface area (TPSA) is 86.1 Å². The highest BCUT2D eigenvalue weighted by Gasteiger charge is 2.15. The zero-order chi connectivity index (χ0) is 13.7. The fraction of sp³-hybridized carbons (Fsp3) is 0.500. The third kappa shape index (κ3) is 3.48. The number of rotatable bonds is 6. The number of azide groups is 1. The van der Waals surface area contributed by atoms with Gasteiger partial charge >= 0.3 is 5.97 Å². The van der Waals surface area contributed by atoms with E-state index in [2.05, 4.69) is 22.2 Å². The lowest BCUT2D eigenvalue weighted by atomic mass is 9.98. The molecule has 1 aliphatic rings. The van der Waals surface area contributed by atoms with Crippen LogP contribution in [0, 0.1) is 0 Å². The number of carboxylic acid groups (broad SMARTS) is 1. The van der Waals surface area contributed by atoms with E-state index in [1.807, 2.05) is 6.07 Å². The Morgan fingerprint density at radius 3 is 2.95 bits per heavy atom. The van der Waals surface area contributed by atoms with Crippen molar-refractivity contribution in [3.05, 3.63) is 45.3 Å². The first kappa shape index (κ1) is 13.4. The van der Waals surface area contributed by atoms with Gasteiger partial charge in [-0.3, -0.25) is 4.79 Å². The molecule has 0 bridgehead atoms. The van der Waals surface area contributed by atoms with Gasteiger partial charge in [0.25, 0.3) is 0 Å². The third-order valence-electron chi connectivity index (χ3n) is 3.57. The summed E-state index contributed by atoms with van der Waals surface area (Å²) in [5.41, 5.74) is 12.4. The first-order chi connectivity index (χ1) is 9.20. The maximum absolute atomic E-state index is 10.5. The summed E-state index contributed by atoms with van der Waals surface area (Å²) in [5.74, 6) is -0.811. The fourth-order valence-electron chi connectivity index (χ4n) is 2.60. The molecule has 1 aromatic rings. The number of fused-ring (bicyclic) bond motifs is 1. The van der Waals surface area contributed by atoms with Crippen molar-refractivity contribution in [1.82, 2.24) is 0 Å². The molecular formula is C14H17N3O2. The molecule has 2 rings (SSSR count). The number of carboxylic acids is 1. The maximum atomic E-state index is 10.5. The van der Waals surface area contributed by atoms with E-state index >= 15 is 0 Å². The zero-order valence-electron chi connectivity index (χ0n) is 10.7. The van der Waals surface area contributed by atoms with Crippen molar-refractivity contribution in [3.63, 3.8) is 0 Å². The summed E-state index contributed by atoms with van der Waals surface area (Å²) >= 11 is 0. The van der Waals surface area contributed by atoms with Crippen LogP contribution < -0.4 is 0 Å². The van der Waals surface area contributed by atoms with Gasteiger partial charge in [-0.2, -0.15) is 0 Å². The van der Waals surface area contributed by atoms with E-state index in [1.54, 1.807) is 0 Å². The van der Waals surface area contributed by atoms with Gasteiger partial charge in [-0.1, -0.05) is 23.3 Å². The molecule has 0 fully saturated rings. The number of hydrogen-bond donors (Lipinski definition) is 1. The number of nitrogens with zero attached hydrogens (tertiary/aromatic N) is 3. The lowest BCUT2D eigenvalue weighted by molar-refractivity contribution is -0.137. The Bertz CT molecular complexity index is 521. The van der Waals surface area contributed by atoms with Gasteiger partial charge in [-0.15, -0.1) is 0 Å². The quantitative estimate of drug-likeness (QED) is 0.478. The first-order valence-electron chi connectivity index (χ1n) is 6.58. The van der Waals surface area contributed by atoms with Gasteiger partial charge in [0.15, 0.2) is 0 Å². The summed E-state index contributed by atoms with van der Waals surface area (Å²) in [5, 5.41) is 12.5. The second-order valence-electron chi connectivity index (χ2n) is 4.89. The van der Waals surface area contributed by atoms with E-state index < -0.39 is 5.97 Å². The second kappa shape index (κ2) is 6.25. The van der Waals surface area contributed by atoms with Crippen LogP contribution in [0.25, 0.3) is 10.4 Å². The van der Waals surface area contributed by atoms with Gasteiger partial charge in [0.2, 0.25) is 0 Å². The molecular weight excluding hydrogens is 242 g/mol. The molecule has 0 aliphatic heterocycles. The van der Waals surface area contributed by atoms with Crippen molar-refractivity contribution in [2.45, 2.75) is 44.6 Å². The van der Waals surface area contributed by atoms with Gasteiger partial charge in [-0.05, 0) is 54.3 Å². The van der Waals surface area contributed by atoms with Crippen LogP contribution in [0.15, 0.2) is 23.3 Å². The number of benzene rings is 1. The Morgan fingerprint density at radius 1 is 1.42 bits per heavy atom. The van der Waals surface area contributed by atoms with E-state index in [4.69, 9.17) is 10.6 Å². The average Bonchev–Trinajstić information content (AvgIpc) is 2.84. The summed E-state index contributed by atoms with van der Waals surface area (Å²) in [6.07, 6.45) is 4.61. The van der Waals surface area contributed by atoms with Crippen molar-refractivity contribution >= 4 is 5.97 Å². The largest absolute Gasteiger partial charge is 0.481 e. The fourth-order valence-corrected chi connectivity index (χ4v) is 2.60. The van der Waals surface area contributed by atoms with E-state index in [9.17, 15) is 4.79 Å². The van der Waals surface area contributed by atoms with Crippen molar-refractivity contribution in [2.75, 3.05) is 0 Å². The van der Waals surface area contributed by atoms with Crippen molar-refractivity contribution in [1.29, 1.82) is 0 Å². The van der Waals surface area contributed by atoms with Crippen molar-refractivity contribution < 1.29 is 9.90 Å². The average molecular weight is 259 g/mol. The monoisotopic (exact) mass is 259 g/mol. The van der Waals surface area contributed by atoms with Gasteiger partial charge in [0, 0.05) is 11.3 Å². The summed E-state index contributed by atoms with van der Waals surface area (Å²) in [7, 11) is 0. The van der Waals surface area contributed by atoms with Gasteiger partial charge in [0.05, 0.1) is 6.04 Å². The second-order valence-corrected chi connectivity index (χ2v) is 4.89. The van der Waals surface area contributed by atoms with Crippen LogP contribution in [-0.2, 0) is 17.6 Å². The molecule has 0 heterocycles. The Hall–Kier alpha value is -2.00. The molecule has 1 N–H and O–H groups in total. The van der Waals surface area contributed by atoms with E-state index in [0.717, 1.165) is 18.4 Å². The van der Waals surface area contributed by atoms with E-state index in [1.165, 1.54) is 17.5 Å². The highest BCUT2D eigenvalue weighted by Crippen LogP contribution is 2.29. The standard InChI is InChI=1S/C14H17N3O2/c15-17-16-13(5-2-6-14(18)19)12-8-7-10-3-1-4-11(10)9-12/h7-9,13H,1-6H2,(H,18,19). The molecule has 19 heavy (non-hydrogen) atoms. The number of aryl methyl sites for hydroxylation is 2. The SMILES string of the molecule is [N-]=[N+]=NC(CCCC(=O)O)c1ccc2c(c1)CCC2. The summed E-state index contributed by atoms with van der Waals surface area (Å²) < 4.78 is 0. The Kier molecular flexibility index (Phi) is 4.42. The number of hydrogen-bond acceptors (Lipinski definition) is 2. The molecule has 0 amide bonds. The number of carbonyl (C=O) groups is 1. The van der Waals surface area contributed by atoms with E-state index in [0.29, 0.717) is 12.8 Å². The molecule has 5 heteroatoms. The highest BCUT2D eigenvalue weighted by molar-refractivity contribution is 5.66. The van der Waals surface area contributed by atoms with Crippen LogP contribution in [0.3, 0.4) is 0 Å². The maximum Gasteiger partial charge on any atom is 0.303 e. The van der Waals surface area contributed by atoms with Crippen LogP contribution in [-0.4, -0.2) is 11.1 Å². The summed E-state index contributed by atoms with van der Waals surface area (Å²) in [6.45, 7) is 0. The molecule has 1 aliphatic carbocycles.